The topological polar surface area (TPSA) is 24.9 Å². The minimum atomic E-state index is 0.211. The molecule has 2 aromatic rings. The Morgan fingerprint density at radius 2 is 1.75 bits per heavy atom. The first-order valence-corrected chi connectivity index (χ1v) is 8.14. The number of nitrogens with zero attached hydrogens (tertiary/aromatic N) is 1. The van der Waals surface area contributed by atoms with Crippen molar-refractivity contribution in [3.63, 3.8) is 0 Å². The molecule has 1 aromatic heterocycles. The molecule has 2 nitrogen and oxygen atoms in total. The van der Waals surface area contributed by atoms with E-state index < -0.39 is 0 Å². The van der Waals surface area contributed by atoms with E-state index in [2.05, 4.69) is 58.1 Å². The van der Waals surface area contributed by atoms with Gasteiger partial charge in [0.15, 0.2) is 0 Å². The Balaban J connectivity index is 2.43. The number of rotatable bonds is 5. The van der Waals surface area contributed by atoms with E-state index in [-0.39, 0.29) is 6.04 Å². The van der Waals surface area contributed by atoms with Gasteiger partial charge in [-0.3, -0.25) is 0 Å². The van der Waals surface area contributed by atoms with Crippen LogP contribution in [0.4, 0.5) is 0 Å². The van der Waals surface area contributed by atoms with E-state index >= 15 is 0 Å². The highest BCUT2D eigenvalue weighted by Crippen LogP contribution is 2.29. The second-order valence-corrected chi connectivity index (χ2v) is 6.56. The van der Waals surface area contributed by atoms with E-state index in [1.165, 1.54) is 32.3 Å². The molecule has 1 unspecified atom stereocenters. The number of nitrogens with one attached hydrogen (secondary N) is 1. The number of hydrogen-bond donors (Lipinski definition) is 1. The highest BCUT2D eigenvalue weighted by Gasteiger charge is 2.18. The third-order valence-electron chi connectivity index (χ3n) is 3.48. The molecule has 0 bridgehead atoms. The Morgan fingerprint density at radius 1 is 1.10 bits per heavy atom. The molecule has 3 heteroatoms. The average molecular weight is 288 g/mol. The lowest BCUT2D eigenvalue weighted by atomic mass is 10.0. The molecule has 108 valence electrons. The zero-order chi connectivity index (χ0) is 14.7. The SMILES string of the molecule is CCNC(c1cc(C)cc(C)c1)c1nc(CC)c(C)s1. The first-order chi connectivity index (χ1) is 9.55. The molecular formula is C17H24N2S. The summed E-state index contributed by atoms with van der Waals surface area (Å²) in [4.78, 5) is 6.18. The van der Waals surface area contributed by atoms with E-state index in [0.717, 1.165) is 13.0 Å². The maximum absolute atomic E-state index is 4.84. The molecule has 0 aliphatic heterocycles. The maximum atomic E-state index is 4.84. The van der Waals surface area contributed by atoms with Crippen LogP contribution in [0.1, 0.15) is 52.2 Å². The standard InChI is InChI=1S/C17H24N2S/c1-6-15-13(5)20-17(19-15)16(18-7-2)14-9-11(3)8-12(4)10-14/h8-10,16,18H,6-7H2,1-5H3. The lowest BCUT2D eigenvalue weighted by molar-refractivity contribution is 0.624. The molecule has 0 aliphatic carbocycles. The quantitative estimate of drug-likeness (QED) is 0.886. The van der Waals surface area contributed by atoms with Gasteiger partial charge in [0.1, 0.15) is 5.01 Å². The summed E-state index contributed by atoms with van der Waals surface area (Å²) in [5, 5.41) is 4.77. The fourth-order valence-electron chi connectivity index (χ4n) is 2.63. The molecule has 1 aromatic carbocycles. The largest absolute Gasteiger partial charge is 0.305 e. The zero-order valence-corrected chi connectivity index (χ0v) is 13.9. The minimum Gasteiger partial charge on any atom is -0.305 e. The molecule has 0 amide bonds. The van der Waals surface area contributed by atoms with Gasteiger partial charge in [-0.2, -0.15) is 0 Å². The van der Waals surface area contributed by atoms with Crippen molar-refractivity contribution in [2.45, 2.75) is 47.1 Å². The number of aromatic nitrogens is 1. The van der Waals surface area contributed by atoms with Crippen molar-refractivity contribution in [1.29, 1.82) is 0 Å². The summed E-state index contributed by atoms with van der Waals surface area (Å²) in [5.41, 5.74) is 5.18. The van der Waals surface area contributed by atoms with E-state index in [1.807, 2.05) is 11.3 Å². The van der Waals surface area contributed by atoms with Crippen LogP contribution in [0.25, 0.3) is 0 Å². The summed E-state index contributed by atoms with van der Waals surface area (Å²) >= 11 is 1.82. The van der Waals surface area contributed by atoms with Crippen molar-refractivity contribution >= 4 is 11.3 Å². The lowest BCUT2D eigenvalue weighted by Gasteiger charge is -2.17. The van der Waals surface area contributed by atoms with Crippen molar-refractivity contribution in [2.24, 2.45) is 0 Å². The van der Waals surface area contributed by atoms with Crippen molar-refractivity contribution < 1.29 is 0 Å². The summed E-state index contributed by atoms with van der Waals surface area (Å²) in [6.07, 6.45) is 1.01. The molecular weight excluding hydrogens is 264 g/mol. The van der Waals surface area contributed by atoms with E-state index in [9.17, 15) is 0 Å². The van der Waals surface area contributed by atoms with Crippen LogP contribution >= 0.6 is 11.3 Å². The predicted octanol–water partition coefficient (Wildman–Crippen LogP) is 4.33. The predicted molar refractivity (Wildman–Crippen MR) is 87.7 cm³/mol. The Kier molecular flexibility index (Phi) is 4.95. The minimum absolute atomic E-state index is 0.211. The summed E-state index contributed by atoms with van der Waals surface area (Å²) in [6, 6.07) is 6.96. The van der Waals surface area contributed by atoms with Gasteiger partial charge in [0.05, 0.1) is 11.7 Å². The third-order valence-corrected chi connectivity index (χ3v) is 4.55. The highest BCUT2D eigenvalue weighted by atomic mass is 32.1. The fraction of sp³-hybridized carbons (Fsp3) is 0.471. The monoisotopic (exact) mass is 288 g/mol. The Bertz CT molecular complexity index is 566. The first-order valence-electron chi connectivity index (χ1n) is 7.32. The lowest BCUT2D eigenvalue weighted by Crippen LogP contribution is -2.22. The van der Waals surface area contributed by atoms with Gasteiger partial charge in [-0.25, -0.2) is 4.98 Å². The molecule has 20 heavy (non-hydrogen) atoms. The first kappa shape index (κ1) is 15.2. The van der Waals surface area contributed by atoms with Crippen molar-refractivity contribution in [1.82, 2.24) is 10.3 Å². The molecule has 2 rings (SSSR count). The van der Waals surface area contributed by atoms with Crippen LogP contribution in [0.3, 0.4) is 0 Å². The molecule has 0 saturated heterocycles. The second kappa shape index (κ2) is 6.51. The number of thiazole rings is 1. The second-order valence-electron chi connectivity index (χ2n) is 5.32. The van der Waals surface area contributed by atoms with E-state index in [4.69, 9.17) is 4.98 Å². The Hall–Kier alpha value is -1.19. The smallest absolute Gasteiger partial charge is 0.115 e. The number of benzene rings is 1. The van der Waals surface area contributed by atoms with Crippen LogP contribution < -0.4 is 5.32 Å². The van der Waals surface area contributed by atoms with Gasteiger partial charge in [-0.1, -0.05) is 43.2 Å². The summed E-state index contributed by atoms with van der Waals surface area (Å²) < 4.78 is 0. The fourth-order valence-corrected chi connectivity index (χ4v) is 3.74. The molecule has 0 spiro atoms. The van der Waals surface area contributed by atoms with Gasteiger partial charge in [0, 0.05) is 4.88 Å². The molecule has 1 atom stereocenters. The van der Waals surface area contributed by atoms with Crippen molar-refractivity contribution in [2.75, 3.05) is 6.54 Å². The Labute approximate surface area is 126 Å². The van der Waals surface area contributed by atoms with E-state index in [1.54, 1.807) is 0 Å². The van der Waals surface area contributed by atoms with Crippen LogP contribution in [-0.4, -0.2) is 11.5 Å². The van der Waals surface area contributed by atoms with Gasteiger partial charge in [-0.15, -0.1) is 11.3 Å². The van der Waals surface area contributed by atoms with Gasteiger partial charge < -0.3 is 5.32 Å². The summed E-state index contributed by atoms with van der Waals surface area (Å²) in [6.45, 7) is 11.7. The van der Waals surface area contributed by atoms with Gasteiger partial charge >= 0.3 is 0 Å². The molecule has 1 N–H and O–H groups in total. The molecule has 0 radical (unpaired) electrons. The average Bonchev–Trinajstić information content (AvgIpc) is 2.75. The van der Waals surface area contributed by atoms with Crippen LogP contribution in [0.15, 0.2) is 18.2 Å². The number of hydrogen-bond acceptors (Lipinski definition) is 3. The van der Waals surface area contributed by atoms with Gasteiger partial charge in [-0.05, 0) is 39.3 Å². The van der Waals surface area contributed by atoms with Crippen LogP contribution in [-0.2, 0) is 6.42 Å². The molecule has 1 heterocycles. The normalized spacial score (nSPS) is 12.7. The van der Waals surface area contributed by atoms with Gasteiger partial charge in [0.25, 0.3) is 0 Å². The molecule has 0 fully saturated rings. The van der Waals surface area contributed by atoms with Gasteiger partial charge in [0.2, 0.25) is 0 Å². The van der Waals surface area contributed by atoms with Crippen LogP contribution in [0, 0.1) is 20.8 Å². The van der Waals surface area contributed by atoms with Crippen LogP contribution in [0.5, 0.6) is 0 Å². The van der Waals surface area contributed by atoms with E-state index in [0.29, 0.717) is 0 Å². The zero-order valence-electron chi connectivity index (χ0n) is 13.1. The third kappa shape index (κ3) is 3.28. The van der Waals surface area contributed by atoms with Crippen molar-refractivity contribution in [3.05, 3.63) is 50.5 Å². The molecule has 0 saturated carbocycles. The maximum Gasteiger partial charge on any atom is 0.115 e. The highest BCUT2D eigenvalue weighted by molar-refractivity contribution is 7.11. The number of aryl methyl sites for hydroxylation is 4. The Morgan fingerprint density at radius 3 is 2.25 bits per heavy atom. The summed E-state index contributed by atoms with van der Waals surface area (Å²) in [7, 11) is 0. The summed E-state index contributed by atoms with van der Waals surface area (Å²) in [5.74, 6) is 0. The molecule has 0 aliphatic rings. The van der Waals surface area contributed by atoms with Crippen molar-refractivity contribution in [3.8, 4) is 0 Å². The van der Waals surface area contributed by atoms with Crippen LogP contribution in [0.2, 0.25) is 0 Å².